The average Bonchev–Trinajstić information content (AvgIpc) is 2.72. The molecule has 0 amide bonds. The lowest BCUT2D eigenvalue weighted by molar-refractivity contribution is 0.598. The zero-order valence-corrected chi connectivity index (χ0v) is 12.6. The molecule has 0 aliphatic heterocycles. The standard InChI is InChI=1S/C14H16N4O2S/c1-10-11(6-13(8-15)18(10)2)9-17-12-4-3-5-14(7-12)21(16,19)20/h3-7,17H,9H2,1-2H3,(H2,16,19,20). The summed E-state index contributed by atoms with van der Waals surface area (Å²) in [6, 6.07) is 10.3. The molecule has 0 aliphatic carbocycles. The molecule has 6 nitrogen and oxygen atoms in total. The van der Waals surface area contributed by atoms with Crippen molar-refractivity contribution in [3.8, 4) is 6.07 Å². The summed E-state index contributed by atoms with van der Waals surface area (Å²) in [4.78, 5) is 0.0648. The Morgan fingerprint density at radius 3 is 2.67 bits per heavy atom. The van der Waals surface area contributed by atoms with Crippen LogP contribution >= 0.6 is 0 Å². The van der Waals surface area contributed by atoms with E-state index in [9.17, 15) is 8.42 Å². The normalized spacial score (nSPS) is 11.1. The predicted molar refractivity (Wildman–Crippen MR) is 80.0 cm³/mol. The third-order valence-electron chi connectivity index (χ3n) is 3.40. The van der Waals surface area contributed by atoms with Crippen LogP contribution in [0.4, 0.5) is 5.69 Å². The first-order valence-corrected chi connectivity index (χ1v) is 7.79. The summed E-state index contributed by atoms with van der Waals surface area (Å²) in [6.45, 7) is 2.42. The minimum Gasteiger partial charge on any atom is -0.381 e. The van der Waals surface area contributed by atoms with Gasteiger partial charge in [0.2, 0.25) is 10.0 Å². The maximum Gasteiger partial charge on any atom is 0.238 e. The van der Waals surface area contributed by atoms with Crippen molar-refractivity contribution in [2.45, 2.75) is 18.4 Å². The van der Waals surface area contributed by atoms with Gasteiger partial charge in [-0.2, -0.15) is 5.26 Å². The first-order valence-electron chi connectivity index (χ1n) is 6.25. The molecule has 0 saturated heterocycles. The number of rotatable bonds is 4. The molecular weight excluding hydrogens is 288 g/mol. The van der Waals surface area contributed by atoms with Crippen LogP contribution in [0.1, 0.15) is 17.0 Å². The van der Waals surface area contributed by atoms with Crippen molar-refractivity contribution >= 4 is 15.7 Å². The number of nitrogens with zero attached hydrogens (tertiary/aromatic N) is 2. The number of aromatic nitrogens is 1. The second kappa shape index (κ2) is 5.60. The third-order valence-corrected chi connectivity index (χ3v) is 4.31. The van der Waals surface area contributed by atoms with Gasteiger partial charge in [0, 0.05) is 25.0 Å². The molecule has 2 rings (SSSR count). The number of benzene rings is 1. The van der Waals surface area contributed by atoms with Crippen LogP contribution in [0.2, 0.25) is 0 Å². The summed E-state index contributed by atoms with van der Waals surface area (Å²) in [6.07, 6.45) is 0. The van der Waals surface area contributed by atoms with Crippen LogP contribution in [0.3, 0.4) is 0 Å². The van der Waals surface area contributed by atoms with Crippen molar-refractivity contribution in [2.24, 2.45) is 12.2 Å². The van der Waals surface area contributed by atoms with Gasteiger partial charge in [-0.05, 0) is 36.8 Å². The first kappa shape index (κ1) is 15.1. The molecule has 0 saturated carbocycles. The van der Waals surface area contributed by atoms with E-state index in [1.807, 2.05) is 24.6 Å². The van der Waals surface area contributed by atoms with Crippen molar-refractivity contribution in [3.05, 3.63) is 47.3 Å². The highest BCUT2D eigenvalue weighted by Crippen LogP contribution is 2.18. The smallest absolute Gasteiger partial charge is 0.238 e. The largest absolute Gasteiger partial charge is 0.381 e. The van der Waals surface area contributed by atoms with Crippen LogP contribution in [0.5, 0.6) is 0 Å². The van der Waals surface area contributed by atoms with Crippen molar-refractivity contribution in [3.63, 3.8) is 0 Å². The van der Waals surface area contributed by atoms with E-state index < -0.39 is 10.0 Å². The summed E-state index contributed by atoms with van der Waals surface area (Å²) < 4.78 is 24.4. The van der Waals surface area contributed by atoms with E-state index in [2.05, 4.69) is 11.4 Å². The Kier molecular flexibility index (Phi) is 4.02. The number of primary sulfonamides is 1. The summed E-state index contributed by atoms with van der Waals surface area (Å²) in [5, 5.41) is 17.2. The second-order valence-corrected chi connectivity index (χ2v) is 6.30. The Bertz CT molecular complexity index is 816. The van der Waals surface area contributed by atoms with Gasteiger partial charge in [0.25, 0.3) is 0 Å². The van der Waals surface area contributed by atoms with Crippen molar-refractivity contribution in [1.29, 1.82) is 5.26 Å². The molecule has 0 spiro atoms. The lowest BCUT2D eigenvalue weighted by Gasteiger charge is -2.08. The van der Waals surface area contributed by atoms with Crippen LogP contribution in [0.25, 0.3) is 0 Å². The predicted octanol–water partition coefficient (Wildman–Crippen LogP) is 1.46. The molecule has 1 aromatic carbocycles. The molecule has 21 heavy (non-hydrogen) atoms. The minimum atomic E-state index is -3.71. The van der Waals surface area contributed by atoms with Crippen molar-refractivity contribution in [1.82, 2.24) is 4.57 Å². The Labute approximate surface area is 123 Å². The summed E-state index contributed by atoms with van der Waals surface area (Å²) >= 11 is 0. The Hall–Kier alpha value is -2.30. The molecule has 3 N–H and O–H groups in total. The van der Waals surface area contributed by atoms with Gasteiger partial charge >= 0.3 is 0 Å². The number of nitrogens with one attached hydrogen (secondary N) is 1. The van der Waals surface area contributed by atoms with Gasteiger partial charge in [0.15, 0.2) is 0 Å². The Balaban J connectivity index is 2.20. The lowest BCUT2D eigenvalue weighted by Crippen LogP contribution is -2.12. The van der Waals surface area contributed by atoms with Gasteiger partial charge < -0.3 is 9.88 Å². The minimum absolute atomic E-state index is 0.0648. The van der Waals surface area contributed by atoms with Gasteiger partial charge in [-0.25, -0.2) is 13.6 Å². The average molecular weight is 304 g/mol. The van der Waals surface area contributed by atoms with E-state index >= 15 is 0 Å². The summed E-state index contributed by atoms with van der Waals surface area (Å²) in [5.41, 5.74) is 3.21. The zero-order chi connectivity index (χ0) is 15.6. The van der Waals surface area contributed by atoms with Crippen molar-refractivity contribution in [2.75, 3.05) is 5.32 Å². The third kappa shape index (κ3) is 3.24. The van der Waals surface area contributed by atoms with Gasteiger partial charge in [0.1, 0.15) is 11.8 Å². The number of anilines is 1. The number of nitriles is 1. The van der Waals surface area contributed by atoms with Gasteiger partial charge in [0.05, 0.1) is 4.90 Å². The van der Waals surface area contributed by atoms with E-state index in [0.717, 1.165) is 11.3 Å². The molecule has 0 atom stereocenters. The van der Waals surface area contributed by atoms with Gasteiger partial charge in [-0.15, -0.1) is 0 Å². The molecule has 0 bridgehead atoms. The molecule has 0 aliphatic rings. The topological polar surface area (TPSA) is 101 Å². The van der Waals surface area contributed by atoms with Crippen LogP contribution in [-0.2, 0) is 23.6 Å². The fourth-order valence-electron chi connectivity index (χ4n) is 2.03. The van der Waals surface area contributed by atoms with E-state index in [-0.39, 0.29) is 4.90 Å². The Morgan fingerprint density at radius 1 is 1.38 bits per heavy atom. The van der Waals surface area contributed by atoms with E-state index in [0.29, 0.717) is 17.9 Å². The molecule has 1 heterocycles. The molecule has 110 valence electrons. The SMILES string of the molecule is Cc1c(CNc2cccc(S(N)(=O)=O)c2)cc(C#N)n1C. The van der Waals surface area contributed by atoms with Crippen LogP contribution in [0, 0.1) is 18.3 Å². The van der Waals surface area contributed by atoms with Crippen LogP contribution in [-0.4, -0.2) is 13.0 Å². The lowest BCUT2D eigenvalue weighted by atomic mass is 10.2. The monoisotopic (exact) mass is 304 g/mol. The van der Waals surface area contributed by atoms with E-state index in [1.165, 1.54) is 12.1 Å². The molecular formula is C14H16N4O2S. The molecule has 0 radical (unpaired) electrons. The van der Waals surface area contributed by atoms with Gasteiger partial charge in [-0.1, -0.05) is 6.07 Å². The molecule has 1 aromatic heterocycles. The zero-order valence-electron chi connectivity index (χ0n) is 11.8. The maximum atomic E-state index is 11.3. The second-order valence-electron chi connectivity index (χ2n) is 4.74. The fourth-order valence-corrected chi connectivity index (χ4v) is 2.59. The quantitative estimate of drug-likeness (QED) is 0.893. The number of hydrogen-bond donors (Lipinski definition) is 2. The van der Waals surface area contributed by atoms with E-state index in [1.54, 1.807) is 12.1 Å². The van der Waals surface area contributed by atoms with Crippen LogP contribution < -0.4 is 10.5 Å². The highest BCUT2D eigenvalue weighted by Gasteiger charge is 2.10. The molecule has 7 heteroatoms. The molecule has 0 unspecified atom stereocenters. The molecule has 0 fully saturated rings. The summed E-state index contributed by atoms with van der Waals surface area (Å²) in [5.74, 6) is 0. The number of nitrogens with two attached hydrogens (primary N) is 1. The van der Waals surface area contributed by atoms with Crippen LogP contribution in [0.15, 0.2) is 35.2 Å². The summed E-state index contributed by atoms with van der Waals surface area (Å²) in [7, 11) is -1.88. The molecule has 2 aromatic rings. The van der Waals surface area contributed by atoms with Gasteiger partial charge in [-0.3, -0.25) is 0 Å². The number of hydrogen-bond acceptors (Lipinski definition) is 4. The highest BCUT2D eigenvalue weighted by molar-refractivity contribution is 7.89. The maximum absolute atomic E-state index is 11.3. The first-order chi connectivity index (χ1) is 9.82. The Morgan fingerprint density at radius 2 is 2.10 bits per heavy atom. The number of sulfonamides is 1. The highest BCUT2D eigenvalue weighted by atomic mass is 32.2. The fraction of sp³-hybridized carbons (Fsp3) is 0.214. The van der Waals surface area contributed by atoms with E-state index in [4.69, 9.17) is 10.4 Å². The van der Waals surface area contributed by atoms with Crippen molar-refractivity contribution < 1.29 is 8.42 Å².